The molecular weight excluding hydrogens is 376 g/mol. The number of amides is 2. The molecule has 2 aliphatic rings. The highest BCUT2D eigenvalue weighted by Crippen LogP contribution is 2.46. The van der Waals surface area contributed by atoms with Gasteiger partial charge in [0.25, 0.3) is 5.91 Å². The van der Waals surface area contributed by atoms with Crippen molar-refractivity contribution in [2.24, 2.45) is 5.41 Å². The number of carbonyl (C=O) groups is 2. The highest BCUT2D eigenvalue weighted by molar-refractivity contribution is 6.31. The SMILES string of the molecule is Cc1cncc(C(=O)NC2CCCC3(CCN(c4cccc(Cl)c4)C3=O)C2)n1. The van der Waals surface area contributed by atoms with E-state index in [2.05, 4.69) is 15.3 Å². The van der Waals surface area contributed by atoms with E-state index < -0.39 is 5.41 Å². The van der Waals surface area contributed by atoms with Gasteiger partial charge in [-0.3, -0.25) is 14.6 Å². The Balaban J connectivity index is 1.47. The Kier molecular flexibility index (Phi) is 5.06. The predicted molar refractivity (Wildman–Crippen MR) is 107 cm³/mol. The topological polar surface area (TPSA) is 75.2 Å². The van der Waals surface area contributed by atoms with Gasteiger partial charge in [0.05, 0.1) is 17.3 Å². The molecule has 1 aliphatic carbocycles. The third-order valence-electron chi connectivity index (χ3n) is 5.80. The van der Waals surface area contributed by atoms with Gasteiger partial charge in [-0.15, -0.1) is 0 Å². The number of nitrogens with one attached hydrogen (secondary N) is 1. The average molecular weight is 399 g/mol. The van der Waals surface area contributed by atoms with Crippen molar-refractivity contribution >= 4 is 29.1 Å². The highest BCUT2D eigenvalue weighted by atomic mass is 35.5. The molecule has 7 heteroatoms. The Morgan fingerprint density at radius 1 is 1.32 bits per heavy atom. The van der Waals surface area contributed by atoms with Crippen LogP contribution >= 0.6 is 11.6 Å². The summed E-state index contributed by atoms with van der Waals surface area (Å²) >= 11 is 6.10. The zero-order valence-electron chi connectivity index (χ0n) is 15.8. The molecule has 1 aliphatic heterocycles. The molecule has 2 fully saturated rings. The molecule has 1 aromatic carbocycles. The minimum absolute atomic E-state index is 0.0353. The van der Waals surface area contributed by atoms with Crippen LogP contribution < -0.4 is 10.2 Å². The number of carbonyl (C=O) groups excluding carboxylic acids is 2. The molecule has 2 heterocycles. The van der Waals surface area contributed by atoms with Crippen LogP contribution in [0.1, 0.15) is 48.3 Å². The molecule has 2 aromatic rings. The van der Waals surface area contributed by atoms with Crippen molar-refractivity contribution in [1.29, 1.82) is 0 Å². The highest BCUT2D eigenvalue weighted by Gasteiger charge is 2.49. The van der Waals surface area contributed by atoms with Gasteiger partial charge in [-0.2, -0.15) is 0 Å². The van der Waals surface area contributed by atoms with E-state index >= 15 is 0 Å². The lowest BCUT2D eigenvalue weighted by Crippen LogP contribution is -2.46. The monoisotopic (exact) mass is 398 g/mol. The normalized spacial score (nSPS) is 24.6. The van der Waals surface area contributed by atoms with Crippen LogP contribution in [0.2, 0.25) is 5.02 Å². The summed E-state index contributed by atoms with van der Waals surface area (Å²) in [6, 6.07) is 7.38. The lowest BCUT2D eigenvalue weighted by atomic mass is 9.71. The first-order valence-corrected chi connectivity index (χ1v) is 10.0. The second kappa shape index (κ2) is 7.51. The molecule has 28 heavy (non-hydrogen) atoms. The number of anilines is 1. The van der Waals surface area contributed by atoms with E-state index in [0.29, 0.717) is 29.4 Å². The number of rotatable bonds is 3. The summed E-state index contributed by atoms with van der Waals surface area (Å²) in [5, 5.41) is 3.69. The van der Waals surface area contributed by atoms with Gasteiger partial charge in [-0.25, -0.2) is 4.98 Å². The van der Waals surface area contributed by atoms with Crippen molar-refractivity contribution in [3.05, 3.63) is 53.1 Å². The zero-order chi connectivity index (χ0) is 19.7. The minimum Gasteiger partial charge on any atom is -0.348 e. The lowest BCUT2D eigenvalue weighted by Gasteiger charge is -2.36. The second-order valence-electron chi connectivity index (χ2n) is 7.78. The smallest absolute Gasteiger partial charge is 0.271 e. The molecule has 1 N–H and O–H groups in total. The average Bonchev–Trinajstić information content (AvgIpc) is 2.97. The molecule has 2 atom stereocenters. The van der Waals surface area contributed by atoms with Crippen LogP contribution in [0.15, 0.2) is 36.7 Å². The van der Waals surface area contributed by atoms with E-state index in [4.69, 9.17) is 11.6 Å². The standard InChI is InChI=1S/C21H23ClN4O2/c1-14-12-23-13-18(24-14)19(27)25-16-5-3-7-21(11-16)8-9-26(20(21)28)17-6-2-4-15(22)10-17/h2,4,6,10,12-13,16H,3,5,7-9,11H2,1H3,(H,25,27). The molecule has 1 spiro atoms. The fraction of sp³-hybridized carbons (Fsp3) is 0.429. The number of aryl methyl sites for hydroxylation is 1. The molecule has 146 valence electrons. The first-order valence-electron chi connectivity index (χ1n) is 9.64. The Bertz CT molecular complexity index is 919. The fourth-order valence-electron chi connectivity index (χ4n) is 4.45. The summed E-state index contributed by atoms with van der Waals surface area (Å²) in [6.07, 6.45) is 7.20. The van der Waals surface area contributed by atoms with Crippen LogP contribution in [0.3, 0.4) is 0 Å². The molecule has 4 rings (SSSR count). The number of nitrogens with zero attached hydrogens (tertiary/aromatic N) is 3. The minimum atomic E-state index is -0.406. The summed E-state index contributed by atoms with van der Waals surface area (Å²) in [5.74, 6) is -0.0838. The van der Waals surface area contributed by atoms with E-state index in [1.54, 1.807) is 13.1 Å². The van der Waals surface area contributed by atoms with Gasteiger partial charge < -0.3 is 10.2 Å². The predicted octanol–water partition coefficient (Wildman–Crippen LogP) is 3.53. The van der Waals surface area contributed by atoms with E-state index in [1.807, 2.05) is 29.2 Å². The van der Waals surface area contributed by atoms with Crippen LogP contribution in [-0.4, -0.2) is 34.4 Å². The first kappa shape index (κ1) is 18.9. The van der Waals surface area contributed by atoms with Crippen LogP contribution in [0.5, 0.6) is 0 Å². The van der Waals surface area contributed by atoms with Gasteiger partial charge in [-0.1, -0.05) is 24.1 Å². The second-order valence-corrected chi connectivity index (χ2v) is 8.22. The van der Waals surface area contributed by atoms with Crippen LogP contribution in [0, 0.1) is 12.3 Å². The third-order valence-corrected chi connectivity index (χ3v) is 6.04. The van der Waals surface area contributed by atoms with E-state index in [0.717, 1.165) is 31.4 Å². The maximum Gasteiger partial charge on any atom is 0.271 e. The number of aromatic nitrogens is 2. The fourth-order valence-corrected chi connectivity index (χ4v) is 4.63. The largest absolute Gasteiger partial charge is 0.348 e. The molecule has 0 radical (unpaired) electrons. The quantitative estimate of drug-likeness (QED) is 0.858. The van der Waals surface area contributed by atoms with E-state index in [1.165, 1.54) is 6.20 Å². The summed E-state index contributed by atoms with van der Waals surface area (Å²) in [7, 11) is 0. The molecule has 0 bridgehead atoms. The Morgan fingerprint density at radius 3 is 2.96 bits per heavy atom. The van der Waals surface area contributed by atoms with Crippen molar-refractivity contribution in [1.82, 2.24) is 15.3 Å². The number of hydrogen-bond donors (Lipinski definition) is 1. The van der Waals surface area contributed by atoms with Gasteiger partial charge in [0.15, 0.2) is 0 Å². The van der Waals surface area contributed by atoms with Gasteiger partial charge in [0.1, 0.15) is 5.69 Å². The van der Waals surface area contributed by atoms with Crippen molar-refractivity contribution in [3.63, 3.8) is 0 Å². The van der Waals surface area contributed by atoms with Gasteiger partial charge in [-0.05, 0) is 50.8 Å². The summed E-state index contributed by atoms with van der Waals surface area (Å²) in [4.78, 5) is 36.0. The van der Waals surface area contributed by atoms with Gasteiger partial charge >= 0.3 is 0 Å². The van der Waals surface area contributed by atoms with Crippen LogP contribution in [-0.2, 0) is 4.79 Å². The molecule has 1 saturated carbocycles. The maximum atomic E-state index is 13.3. The van der Waals surface area contributed by atoms with Crippen LogP contribution in [0.25, 0.3) is 0 Å². The van der Waals surface area contributed by atoms with Crippen LogP contribution in [0.4, 0.5) is 5.69 Å². The number of hydrogen-bond acceptors (Lipinski definition) is 4. The van der Waals surface area contributed by atoms with E-state index in [-0.39, 0.29) is 17.9 Å². The summed E-state index contributed by atoms with van der Waals surface area (Å²) in [5.41, 5.74) is 1.46. The van der Waals surface area contributed by atoms with Crippen molar-refractivity contribution in [2.75, 3.05) is 11.4 Å². The number of benzene rings is 1. The first-order chi connectivity index (χ1) is 13.5. The number of halogens is 1. The summed E-state index contributed by atoms with van der Waals surface area (Å²) < 4.78 is 0. The summed E-state index contributed by atoms with van der Waals surface area (Å²) in [6.45, 7) is 2.49. The van der Waals surface area contributed by atoms with Crippen molar-refractivity contribution < 1.29 is 9.59 Å². The molecule has 1 aromatic heterocycles. The Morgan fingerprint density at radius 2 is 2.18 bits per heavy atom. The maximum absolute atomic E-state index is 13.3. The van der Waals surface area contributed by atoms with E-state index in [9.17, 15) is 9.59 Å². The Labute approximate surface area is 169 Å². The zero-order valence-corrected chi connectivity index (χ0v) is 16.6. The Hall–Kier alpha value is -2.47. The molecule has 6 nitrogen and oxygen atoms in total. The lowest BCUT2D eigenvalue weighted by molar-refractivity contribution is -0.127. The third kappa shape index (κ3) is 3.61. The van der Waals surface area contributed by atoms with Gasteiger partial charge in [0.2, 0.25) is 5.91 Å². The van der Waals surface area contributed by atoms with Crippen molar-refractivity contribution in [2.45, 2.75) is 45.1 Å². The molecule has 1 saturated heterocycles. The van der Waals surface area contributed by atoms with Crippen molar-refractivity contribution in [3.8, 4) is 0 Å². The molecule has 2 amide bonds. The van der Waals surface area contributed by atoms with Gasteiger partial charge in [0, 0.05) is 29.5 Å². The molecule has 2 unspecified atom stereocenters. The molecular formula is C21H23ClN4O2.